The van der Waals surface area contributed by atoms with Gasteiger partial charge in [-0.3, -0.25) is 0 Å². The first kappa shape index (κ1) is 12.7. The van der Waals surface area contributed by atoms with Gasteiger partial charge in [0.1, 0.15) is 18.8 Å². The molecule has 0 aliphatic heterocycles. The summed E-state index contributed by atoms with van der Waals surface area (Å²) in [4.78, 5) is 10.2. The Hall–Kier alpha value is -1.40. The molecule has 0 atom stereocenters. The summed E-state index contributed by atoms with van der Waals surface area (Å²) < 4.78 is 5.59. The van der Waals surface area contributed by atoms with Gasteiger partial charge in [0.2, 0.25) is 5.88 Å². The van der Waals surface area contributed by atoms with E-state index in [1.807, 2.05) is 21.0 Å². The number of ether oxygens (including phenoxy) is 1. The Morgan fingerprint density at radius 2 is 2.19 bits per heavy atom. The Morgan fingerprint density at radius 1 is 1.44 bits per heavy atom. The molecule has 1 aromatic rings. The van der Waals surface area contributed by atoms with Gasteiger partial charge in [0.15, 0.2) is 0 Å². The van der Waals surface area contributed by atoms with E-state index in [9.17, 15) is 0 Å². The van der Waals surface area contributed by atoms with E-state index >= 15 is 0 Å². The molecule has 16 heavy (non-hydrogen) atoms. The Kier molecular flexibility index (Phi) is 4.94. The Labute approximate surface area is 95.8 Å². The Bertz CT molecular complexity index is 329. The zero-order valence-electron chi connectivity index (χ0n) is 10.0. The van der Waals surface area contributed by atoms with Crippen molar-refractivity contribution in [2.24, 2.45) is 5.84 Å². The highest BCUT2D eigenvalue weighted by atomic mass is 16.5. The molecule has 1 heterocycles. The standard InChI is InChI=1S/C10H19N5O/c1-4-8-9(14-11)12-7-13-10(8)16-6-5-15(2)3/h7H,4-6,11H2,1-3H3,(H,12,13,14). The minimum absolute atomic E-state index is 0.598. The van der Waals surface area contributed by atoms with Crippen LogP contribution in [0.3, 0.4) is 0 Å². The van der Waals surface area contributed by atoms with E-state index in [1.165, 1.54) is 6.33 Å². The molecule has 90 valence electrons. The van der Waals surface area contributed by atoms with Gasteiger partial charge >= 0.3 is 0 Å². The normalized spacial score (nSPS) is 10.6. The number of nitrogens with two attached hydrogens (primary N) is 1. The SMILES string of the molecule is CCc1c(NN)ncnc1OCCN(C)C. The monoisotopic (exact) mass is 225 g/mol. The second-order valence-corrected chi connectivity index (χ2v) is 3.66. The van der Waals surface area contributed by atoms with Crippen LogP contribution in [0, 0.1) is 0 Å². The van der Waals surface area contributed by atoms with Crippen molar-refractivity contribution >= 4 is 5.82 Å². The van der Waals surface area contributed by atoms with Gasteiger partial charge in [-0.1, -0.05) is 6.92 Å². The maximum Gasteiger partial charge on any atom is 0.221 e. The highest BCUT2D eigenvalue weighted by molar-refractivity contribution is 5.47. The molecule has 0 bridgehead atoms. The van der Waals surface area contributed by atoms with Gasteiger partial charge in [-0.15, -0.1) is 0 Å². The van der Waals surface area contributed by atoms with E-state index in [0.29, 0.717) is 18.3 Å². The zero-order chi connectivity index (χ0) is 12.0. The van der Waals surface area contributed by atoms with Gasteiger partial charge in [-0.05, 0) is 20.5 Å². The Balaban J connectivity index is 2.71. The first-order chi connectivity index (χ1) is 7.69. The number of hydrogen-bond acceptors (Lipinski definition) is 6. The van der Waals surface area contributed by atoms with Crippen molar-refractivity contribution < 1.29 is 4.74 Å². The number of nitrogens with one attached hydrogen (secondary N) is 1. The van der Waals surface area contributed by atoms with Crippen LogP contribution in [0.2, 0.25) is 0 Å². The van der Waals surface area contributed by atoms with Gasteiger partial charge in [0, 0.05) is 6.54 Å². The second kappa shape index (κ2) is 6.24. The average molecular weight is 225 g/mol. The van der Waals surface area contributed by atoms with Gasteiger partial charge in [-0.2, -0.15) is 0 Å². The maximum absolute atomic E-state index is 5.59. The summed E-state index contributed by atoms with van der Waals surface area (Å²) in [7, 11) is 3.99. The van der Waals surface area contributed by atoms with Crippen LogP contribution in [0.25, 0.3) is 0 Å². The molecule has 0 spiro atoms. The molecule has 0 aromatic carbocycles. The average Bonchev–Trinajstić information content (AvgIpc) is 2.28. The van der Waals surface area contributed by atoms with E-state index in [1.54, 1.807) is 0 Å². The highest BCUT2D eigenvalue weighted by Crippen LogP contribution is 2.21. The van der Waals surface area contributed by atoms with Crippen molar-refractivity contribution in [3.63, 3.8) is 0 Å². The number of anilines is 1. The summed E-state index contributed by atoms with van der Waals surface area (Å²) in [6.07, 6.45) is 2.22. The first-order valence-corrected chi connectivity index (χ1v) is 5.27. The summed E-state index contributed by atoms with van der Waals surface area (Å²) in [5, 5.41) is 0. The topological polar surface area (TPSA) is 76.3 Å². The van der Waals surface area contributed by atoms with Crippen molar-refractivity contribution in [1.82, 2.24) is 14.9 Å². The fourth-order valence-corrected chi connectivity index (χ4v) is 1.29. The van der Waals surface area contributed by atoms with Crippen molar-refractivity contribution in [2.45, 2.75) is 13.3 Å². The maximum atomic E-state index is 5.59. The molecule has 0 radical (unpaired) electrons. The van der Waals surface area contributed by atoms with Gasteiger partial charge in [0.25, 0.3) is 0 Å². The number of hydrazine groups is 1. The van der Waals surface area contributed by atoms with Crippen LogP contribution in [0.15, 0.2) is 6.33 Å². The fourth-order valence-electron chi connectivity index (χ4n) is 1.29. The van der Waals surface area contributed by atoms with Crippen LogP contribution >= 0.6 is 0 Å². The number of rotatable bonds is 6. The van der Waals surface area contributed by atoms with Crippen molar-refractivity contribution in [3.05, 3.63) is 11.9 Å². The number of nitrogen functional groups attached to an aromatic ring is 1. The van der Waals surface area contributed by atoms with Gasteiger partial charge in [0.05, 0.1) is 5.56 Å². The van der Waals surface area contributed by atoms with E-state index < -0.39 is 0 Å². The molecule has 0 amide bonds. The molecule has 0 unspecified atom stereocenters. The lowest BCUT2D eigenvalue weighted by Gasteiger charge is -2.13. The van der Waals surface area contributed by atoms with E-state index in [-0.39, 0.29) is 0 Å². The molecule has 0 saturated carbocycles. The number of aromatic nitrogens is 2. The van der Waals surface area contributed by atoms with Crippen molar-refractivity contribution in [1.29, 1.82) is 0 Å². The van der Waals surface area contributed by atoms with Gasteiger partial charge < -0.3 is 15.1 Å². The molecule has 1 rings (SSSR count). The third-order valence-corrected chi connectivity index (χ3v) is 2.17. The van der Waals surface area contributed by atoms with Gasteiger partial charge in [-0.25, -0.2) is 15.8 Å². The molecular formula is C10H19N5O. The molecule has 0 aliphatic carbocycles. The first-order valence-electron chi connectivity index (χ1n) is 5.27. The second-order valence-electron chi connectivity index (χ2n) is 3.66. The molecule has 1 aromatic heterocycles. The number of likely N-dealkylation sites (N-methyl/N-ethyl adjacent to an activating group) is 1. The lowest BCUT2D eigenvalue weighted by molar-refractivity contribution is 0.251. The van der Waals surface area contributed by atoms with Crippen LogP contribution in [0.4, 0.5) is 5.82 Å². The largest absolute Gasteiger partial charge is 0.476 e. The fraction of sp³-hybridized carbons (Fsp3) is 0.600. The lowest BCUT2D eigenvalue weighted by atomic mass is 10.2. The molecule has 0 aliphatic rings. The Morgan fingerprint density at radius 3 is 2.75 bits per heavy atom. The highest BCUT2D eigenvalue weighted by Gasteiger charge is 2.09. The smallest absolute Gasteiger partial charge is 0.221 e. The van der Waals surface area contributed by atoms with Crippen LogP contribution in [0.5, 0.6) is 5.88 Å². The molecule has 3 N–H and O–H groups in total. The van der Waals surface area contributed by atoms with E-state index in [4.69, 9.17) is 10.6 Å². The van der Waals surface area contributed by atoms with E-state index in [0.717, 1.165) is 18.5 Å². The summed E-state index contributed by atoms with van der Waals surface area (Å²) in [6.45, 7) is 3.46. The quantitative estimate of drug-likeness (QED) is 0.534. The summed E-state index contributed by atoms with van der Waals surface area (Å²) in [6, 6.07) is 0. The van der Waals surface area contributed by atoms with Crippen LogP contribution in [-0.2, 0) is 6.42 Å². The van der Waals surface area contributed by atoms with Crippen molar-refractivity contribution in [3.8, 4) is 5.88 Å². The van der Waals surface area contributed by atoms with Crippen LogP contribution in [-0.4, -0.2) is 42.1 Å². The van der Waals surface area contributed by atoms with Crippen molar-refractivity contribution in [2.75, 3.05) is 32.7 Å². The minimum Gasteiger partial charge on any atom is -0.476 e. The predicted molar refractivity (Wildman–Crippen MR) is 63.3 cm³/mol. The predicted octanol–water partition coefficient (Wildman–Crippen LogP) is 0.265. The molecular weight excluding hydrogens is 206 g/mol. The number of nitrogens with zero attached hydrogens (tertiary/aromatic N) is 3. The summed E-state index contributed by atoms with van der Waals surface area (Å²) in [5.74, 6) is 6.59. The number of hydrogen-bond donors (Lipinski definition) is 2. The molecule has 6 heteroatoms. The third kappa shape index (κ3) is 3.32. The minimum atomic E-state index is 0.598. The molecule has 0 fully saturated rings. The third-order valence-electron chi connectivity index (χ3n) is 2.17. The molecule has 0 saturated heterocycles. The van der Waals surface area contributed by atoms with Crippen LogP contribution < -0.4 is 16.0 Å². The summed E-state index contributed by atoms with van der Waals surface area (Å²) in [5.41, 5.74) is 3.45. The zero-order valence-corrected chi connectivity index (χ0v) is 10.0. The summed E-state index contributed by atoms with van der Waals surface area (Å²) >= 11 is 0. The lowest BCUT2D eigenvalue weighted by Crippen LogP contribution is -2.20. The molecule has 6 nitrogen and oxygen atoms in total. The van der Waals surface area contributed by atoms with Crippen LogP contribution in [0.1, 0.15) is 12.5 Å². The van der Waals surface area contributed by atoms with E-state index in [2.05, 4.69) is 20.3 Å².